The van der Waals surface area contributed by atoms with Gasteiger partial charge in [0.05, 0.1) is 5.02 Å². The molecule has 5 nitrogen and oxygen atoms in total. The monoisotopic (exact) mass is 348 g/mol. The second-order valence-electron chi connectivity index (χ2n) is 5.45. The van der Waals surface area contributed by atoms with Crippen LogP contribution in [0.15, 0.2) is 18.2 Å². The molecule has 0 aromatic heterocycles. The van der Waals surface area contributed by atoms with Crippen LogP contribution in [-0.4, -0.2) is 38.4 Å². The summed E-state index contributed by atoms with van der Waals surface area (Å²) in [5, 5.41) is 5.65. The summed E-state index contributed by atoms with van der Waals surface area (Å²) in [5.74, 6) is -1.06. The smallest absolute Gasteiger partial charge is 0.241 e. The van der Waals surface area contributed by atoms with E-state index in [0.717, 1.165) is 6.26 Å². The molecular formula is C14H18ClFN2O3S. The summed E-state index contributed by atoms with van der Waals surface area (Å²) >= 11 is 5.69. The van der Waals surface area contributed by atoms with Crippen LogP contribution in [-0.2, 0) is 21.2 Å². The molecule has 0 bridgehead atoms. The number of amides is 1. The standard InChI is InChI=1S/C14H18ClFN2O3S/c1-22(20,21)14(4-6-17-7-5-14)13(19)18-9-10-2-3-12(16)11(15)8-10/h2-3,8,17H,4-7,9H2,1H3,(H,18,19). The van der Waals surface area contributed by atoms with Gasteiger partial charge in [-0.25, -0.2) is 12.8 Å². The molecule has 1 aliphatic heterocycles. The minimum atomic E-state index is -3.54. The first-order valence-electron chi connectivity index (χ1n) is 6.89. The molecule has 22 heavy (non-hydrogen) atoms. The molecule has 1 saturated heterocycles. The lowest BCUT2D eigenvalue weighted by Crippen LogP contribution is -2.57. The van der Waals surface area contributed by atoms with Crippen molar-refractivity contribution in [2.45, 2.75) is 24.1 Å². The van der Waals surface area contributed by atoms with Crippen molar-refractivity contribution in [1.29, 1.82) is 0 Å². The van der Waals surface area contributed by atoms with Crippen LogP contribution in [0.3, 0.4) is 0 Å². The van der Waals surface area contributed by atoms with Gasteiger partial charge in [-0.2, -0.15) is 0 Å². The van der Waals surface area contributed by atoms with E-state index in [2.05, 4.69) is 10.6 Å². The minimum absolute atomic E-state index is 0.0357. The van der Waals surface area contributed by atoms with Crippen LogP contribution in [0.5, 0.6) is 0 Å². The Morgan fingerprint density at radius 2 is 2.05 bits per heavy atom. The molecule has 0 saturated carbocycles. The van der Waals surface area contributed by atoms with Crippen molar-refractivity contribution in [3.05, 3.63) is 34.6 Å². The number of hydrogen-bond acceptors (Lipinski definition) is 4. The van der Waals surface area contributed by atoms with Gasteiger partial charge >= 0.3 is 0 Å². The summed E-state index contributed by atoms with van der Waals surface area (Å²) in [5.41, 5.74) is 0.609. The van der Waals surface area contributed by atoms with E-state index in [4.69, 9.17) is 11.6 Å². The van der Waals surface area contributed by atoms with E-state index in [1.807, 2.05) is 0 Å². The number of hydrogen-bond donors (Lipinski definition) is 2. The third-order valence-corrected chi connectivity index (χ3v) is 6.27. The maximum Gasteiger partial charge on any atom is 0.241 e. The lowest BCUT2D eigenvalue weighted by atomic mass is 9.95. The van der Waals surface area contributed by atoms with Crippen molar-refractivity contribution in [2.24, 2.45) is 0 Å². The van der Waals surface area contributed by atoms with Gasteiger partial charge in [0, 0.05) is 12.8 Å². The molecule has 0 radical (unpaired) electrons. The predicted molar refractivity (Wildman–Crippen MR) is 82.9 cm³/mol. The van der Waals surface area contributed by atoms with Gasteiger partial charge in [0.2, 0.25) is 5.91 Å². The first-order valence-corrected chi connectivity index (χ1v) is 9.16. The lowest BCUT2D eigenvalue weighted by molar-refractivity contribution is -0.124. The Balaban J connectivity index is 2.13. The zero-order valence-electron chi connectivity index (χ0n) is 12.2. The first kappa shape index (κ1) is 17.2. The Hall–Kier alpha value is -1.18. The first-order chi connectivity index (χ1) is 10.3. The zero-order chi connectivity index (χ0) is 16.4. The van der Waals surface area contributed by atoms with E-state index in [1.165, 1.54) is 18.2 Å². The van der Waals surface area contributed by atoms with Crippen molar-refractivity contribution in [2.75, 3.05) is 19.3 Å². The molecule has 1 aliphatic rings. The Bertz CT molecular complexity index is 673. The lowest BCUT2D eigenvalue weighted by Gasteiger charge is -2.34. The minimum Gasteiger partial charge on any atom is -0.351 e. The third kappa shape index (κ3) is 3.42. The van der Waals surface area contributed by atoms with Crippen LogP contribution >= 0.6 is 11.6 Å². The van der Waals surface area contributed by atoms with Crippen LogP contribution < -0.4 is 10.6 Å². The Morgan fingerprint density at radius 1 is 1.41 bits per heavy atom. The molecule has 1 fully saturated rings. The van der Waals surface area contributed by atoms with Gasteiger partial charge in [-0.3, -0.25) is 4.79 Å². The molecule has 0 spiro atoms. The summed E-state index contributed by atoms with van der Waals surface area (Å²) in [6.07, 6.45) is 1.57. The molecule has 122 valence electrons. The summed E-state index contributed by atoms with van der Waals surface area (Å²) in [6.45, 7) is 1.05. The molecule has 1 amide bonds. The van der Waals surface area contributed by atoms with E-state index in [-0.39, 0.29) is 24.4 Å². The average molecular weight is 349 g/mol. The second kappa shape index (κ2) is 6.52. The molecule has 2 rings (SSSR count). The second-order valence-corrected chi connectivity index (χ2v) is 8.18. The van der Waals surface area contributed by atoms with Crippen molar-refractivity contribution in [3.8, 4) is 0 Å². The summed E-state index contributed by atoms with van der Waals surface area (Å²) in [6, 6.07) is 4.12. The van der Waals surface area contributed by atoms with E-state index >= 15 is 0 Å². The number of rotatable bonds is 4. The Kier molecular flexibility index (Phi) is 5.09. The van der Waals surface area contributed by atoms with E-state index in [1.54, 1.807) is 0 Å². The van der Waals surface area contributed by atoms with Gasteiger partial charge in [0.1, 0.15) is 5.82 Å². The van der Waals surface area contributed by atoms with Crippen molar-refractivity contribution < 1.29 is 17.6 Å². The van der Waals surface area contributed by atoms with Crippen LogP contribution in [0.4, 0.5) is 4.39 Å². The highest BCUT2D eigenvalue weighted by Gasteiger charge is 2.48. The highest BCUT2D eigenvalue weighted by molar-refractivity contribution is 7.92. The largest absolute Gasteiger partial charge is 0.351 e. The Morgan fingerprint density at radius 3 is 2.59 bits per heavy atom. The highest BCUT2D eigenvalue weighted by Crippen LogP contribution is 2.28. The van der Waals surface area contributed by atoms with Gasteiger partial charge in [0.15, 0.2) is 14.6 Å². The molecular weight excluding hydrogens is 331 g/mol. The maximum atomic E-state index is 13.1. The van der Waals surface area contributed by atoms with Crippen molar-refractivity contribution >= 4 is 27.3 Å². The average Bonchev–Trinajstić information content (AvgIpc) is 2.47. The predicted octanol–water partition coefficient (Wildman–Crippen LogP) is 1.26. The molecule has 1 heterocycles. The third-order valence-electron chi connectivity index (χ3n) is 3.97. The van der Waals surface area contributed by atoms with Crippen LogP contribution in [0.1, 0.15) is 18.4 Å². The normalized spacial score (nSPS) is 18.0. The van der Waals surface area contributed by atoms with Gasteiger partial charge in [0.25, 0.3) is 0 Å². The summed E-state index contributed by atoms with van der Waals surface area (Å²) in [7, 11) is -3.54. The number of sulfone groups is 1. The number of halogens is 2. The molecule has 1 aromatic rings. The van der Waals surface area contributed by atoms with Gasteiger partial charge in [-0.1, -0.05) is 17.7 Å². The SMILES string of the molecule is CS(=O)(=O)C1(C(=O)NCc2ccc(F)c(Cl)c2)CCNCC1. The van der Waals surface area contributed by atoms with Crippen LogP contribution in [0.2, 0.25) is 5.02 Å². The fraction of sp³-hybridized carbons (Fsp3) is 0.500. The summed E-state index contributed by atoms with van der Waals surface area (Å²) < 4.78 is 35.9. The quantitative estimate of drug-likeness (QED) is 0.859. The highest BCUT2D eigenvalue weighted by atomic mass is 35.5. The van der Waals surface area contributed by atoms with Gasteiger partial charge < -0.3 is 10.6 Å². The van der Waals surface area contributed by atoms with E-state index in [0.29, 0.717) is 18.7 Å². The molecule has 2 N–H and O–H groups in total. The number of carbonyl (C=O) groups is 1. The van der Waals surface area contributed by atoms with Crippen LogP contribution in [0, 0.1) is 5.82 Å². The number of benzene rings is 1. The zero-order valence-corrected chi connectivity index (χ0v) is 13.7. The molecule has 0 aliphatic carbocycles. The summed E-state index contributed by atoms with van der Waals surface area (Å²) in [4.78, 5) is 12.5. The Labute approximate surface area is 134 Å². The van der Waals surface area contributed by atoms with E-state index in [9.17, 15) is 17.6 Å². The molecule has 1 aromatic carbocycles. The van der Waals surface area contributed by atoms with E-state index < -0.39 is 26.3 Å². The molecule has 8 heteroatoms. The maximum absolute atomic E-state index is 13.1. The van der Waals surface area contributed by atoms with Crippen LogP contribution in [0.25, 0.3) is 0 Å². The fourth-order valence-electron chi connectivity index (χ4n) is 2.59. The van der Waals surface area contributed by atoms with Gasteiger partial charge in [-0.15, -0.1) is 0 Å². The topological polar surface area (TPSA) is 75.3 Å². The number of piperidine rings is 1. The molecule has 0 atom stereocenters. The molecule has 0 unspecified atom stereocenters. The van der Waals surface area contributed by atoms with Crippen molar-refractivity contribution in [3.63, 3.8) is 0 Å². The van der Waals surface area contributed by atoms with Gasteiger partial charge in [-0.05, 0) is 43.6 Å². The van der Waals surface area contributed by atoms with Crippen molar-refractivity contribution in [1.82, 2.24) is 10.6 Å². The number of nitrogens with one attached hydrogen (secondary N) is 2. The fourth-order valence-corrected chi connectivity index (χ4v) is 4.15. The number of carbonyl (C=O) groups excluding carboxylic acids is 1.